The van der Waals surface area contributed by atoms with Gasteiger partial charge in [-0.15, -0.1) is 0 Å². The van der Waals surface area contributed by atoms with Crippen molar-refractivity contribution in [1.29, 1.82) is 0 Å². The molecule has 28 heavy (non-hydrogen) atoms. The van der Waals surface area contributed by atoms with Gasteiger partial charge in [-0.1, -0.05) is 0 Å². The first-order valence-corrected chi connectivity index (χ1v) is 10.4. The number of hydrogen-bond acceptors (Lipinski definition) is 4. The maximum absolute atomic E-state index is 14.7. The van der Waals surface area contributed by atoms with Gasteiger partial charge < -0.3 is 10.4 Å². The third-order valence-electron chi connectivity index (χ3n) is 4.54. The van der Waals surface area contributed by atoms with E-state index in [9.17, 15) is 18.7 Å². The Labute approximate surface area is 183 Å². The first kappa shape index (κ1) is 21.4. The van der Waals surface area contributed by atoms with E-state index in [1.807, 2.05) is 13.0 Å². The van der Waals surface area contributed by atoms with Gasteiger partial charge in [0, 0.05) is 15.2 Å². The van der Waals surface area contributed by atoms with Gasteiger partial charge in [0.1, 0.15) is 0 Å². The predicted octanol–water partition coefficient (Wildman–Crippen LogP) is 5.16. The number of carbonyl (C=O) groups is 1. The van der Waals surface area contributed by atoms with E-state index in [0.29, 0.717) is 5.69 Å². The van der Waals surface area contributed by atoms with E-state index in [1.165, 1.54) is 6.92 Å². The number of carbonyl (C=O) groups excluding carboxylic acids is 1. The molecule has 1 atom stereocenters. The minimum Gasteiger partial charge on any atom is -0.364 e. The zero-order valence-electron chi connectivity index (χ0n) is 15.1. The van der Waals surface area contributed by atoms with Crippen molar-refractivity contribution in [3.63, 3.8) is 0 Å². The normalized spacial score (nSPS) is 15.8. The first-order valence-electron chi connectivity index (χ1n) is 8.51. The SMILES string of the molecule is Cc1cc(I)ccc1Nc1c(C(=O)NOC(C)(O)C2CC2)cc(Br)c(F)c1F. The van der Waals surface area contributed by atoms with Gasteiger partial charge in [0.05, 0.1) is 15.7 Å². The number of benzene rings is 2. The molecule has 0 bridgehead atoms. The molecule has 0 saturated heterocycles. The topological polar surface area (TPSA) is 70.6 Å². The summed E-state index contributed by atoms with van der Waals surface area (Å²) < 4.78 is 29.6. The number of anilines is 2. The maximum Gasteiger partial charge on any atom is 0.277 e. The molecular weight excluding hydrogens is 549 g/mol. The summed E-state index contributed by atoms with van der Waals surface area (Å²) in [4.78, 5) is 17.7. The second-order valence-electron chi connectivity index (χ2n) is 6.86. The number of aryl methyl sites for hydroxylation is 1. The van der Waals surface area contributed by atoms with Crippen LogP contribution in [0.1, 0.15) is 35.7 Å². The highest BCUT2D eigenvalue weighted by Gasteiger charge is 2.42. The quantitative estimate of drug-likeness (QED) is 0.195. The average molecular weight is 567 g/mol. The van der Waals surface area contributed by atoms with Crippen LogP contribution in [0.15, 0.2) is 28.7 Å². The molecule has 3 N–H and O–H groups in total. The standard InChI is InChI=1S/C19H18BrF2IN2O3/c1-9-7-11(23)5-6-14(9)24-17-12(8-13(20)15(21)16(17)22)18(26)25-28-19(2,27)10-3-4-10/h5-8,10,24,27H,3-4H2,1-2H3,(H,25,26). The Morgan fingerprint density at radius 3 is 2.61 bits per heavy atom. The monoisotopic (exact) mass is 566 g/mol. The highest BCUT2D eigenvalue weighted by molar-refractivity contribution is 14.1. The number of rotatable bonds is 6. The van der Waals surface area contributed by atoms with Gasteiger partial charge in [0.2, 0.25) is 0 Å². The Balaban J connectivity index is 1.92. The Hall–Kier alpha value is -1.30. The van der Waals surface area contributed by atoms with E-state index in [0.717, 1.165) is 28.0 Å². The Morgan fingerprint density at radius 1 is 1.32 bits per heavy atom. The molecule has 1 amide bonds. The van der Waals surface area contributed by atoms with Gasteiger partial charge in [-0.3, -0.25) is 4.79 Å². The van der Waals surface area contributed by atoms with E-state index in [4.69, 9.17) is 4.84 Å². The van der Waals surface area contributed by atoms with Crippen LogP contribution in [0.25, 0.3) is 0 Å². The van der Waals surface area contributed by atoms with Gasteiger partial charge in [0.15, 0.2) is 17.4 Å². The van der Waals surface area contributed by atoms with E-state index in [2.05, 4.69) is 49.3 Å². The largest absolute Gasteiger partial charge is 0.364 e. The molecule has 5 nitrogen and oxygen atoms in total. The van der Waals surface area contributed by atoms with Crippen LogP contribution in [-0.2, 0) is 4.84 Å². The summed E-state index contributed by atoms with van der Waals surface area (Å²) in [6.45, 7) is 3.26. The van der Waals surface area contributed by atoms with Crippen LogP contribution >= 0.6 is 38.5 Å². The summed E-state index contributed by atoms with van der Waals surface area (Å²) >= 11 is 5.06. The van der Waals surface area contributed by atoms with Crippen molar-refractivity contribution in [2.24, 2.45) is 5.92 Å². The second-order valence-corrected chi connectivity index (χ2v) is 8.96. The molecule has 1 unspecified atom stereocenters. The molecule has 0 heterocycles. The number of nitrogens with one attached hydrogen (secondary N) is 2. The molecule has 2 aromatic rings. The first-order chi connectivity index (χ1) is 13.1. The van der Waals surface area contributed by atoms with Crippen LogP contribution in [0.5, 0.6) is 0 Å². The molecule has 0 aromatic heterocycles. The van der Waals surface area contributed by atoms with Crippen LogP contribution in [0.4, 0.5) is 20.2 Å². The summed E-state index contributed by atoms with van der Waals surface area (Å²) in [7, 11) is 0. The lowest BCUT2D eigenvalue weighted by Crippen LogP contribution is -2.40. The van der Waals surface area contributed by atoms with Gasteiger partial charge in [-0.25, -0.2) is 19.1 Å². The van der Waals surface area contributed by atoms with Crippen molar-refractivity contribution in [2.45, 2.75) is 32.5 Å². The number of amides is 1. The lowest BCUT2D eigenvalue weighted by atomic mass is 10.1. The molecular formula is C19H18BrF2IN2O3. The van der Waals surface area contributed by atoms with Crippen molar-refractivity contribution < 1.29 is 23.5 Å². The van der Waals surface area contributed by atoms with Crippen molar-refractivity contribution in [3.05, 3.63) is 55.1 Å². The van der Waals surface area contributed by atoms with Crippen LogP contribution in [-0.4, -0.2) is 16.8 Å². The molecule has 0 aliphatic heterocycles. The lowest BCUT2D eigenvalue weighted by Gasteiger charge is -2.23. The van der Waals surface area contributed by atoms with E-state index >= 15 is 0 Å². The summed E-state index contributed by atoms with van der Waals surface area (Å²) in [5.41, 5.74) is 2.98. The highest BCUT2D eigenvalue weighted by atomic mass is 127. The Morgan fingerprint density at radius 2 is 2.00 bits per heavy atom. The lowest BCUT2D eigenvalue weighted by molar-refractivity contribution is -0.230. The fourth-order valence-corrected chi connectivity index (χ4v) is 3.76. The van der Waals surface area contributed by atoms with Gasteiger partial charge in [0.25, 0.3) is 5.91 Å². The van der Waals surface area contributed by atoms with Crippen LogP contribution in [0.3, 0.4) is 0 Å². The summed E-state index contributed by atoms with van der Waals surface area (Å²) in [6.07, 6.45) is 1.58. The maximum atomic E-state index is 14.7. The average Bonchev–Trinajstić information content (AvgIpc) is 3.47. The molecule has 2 aromatic carbocycles. The molecule has 1 fully saturated rings. The van der Waals surface area contributed by atoms with Crippen LogP contribution in [0, 0.1) is 28.0 Å². The summed E-state index contributed by atoms with van der Waals surface area (Å²) in [5, 5.41) is 13.0. The molecule has 0 spiro atoms. The fourth-order valence-electron chi connectivity index (χ4n) is 2.71. The summed E-state index contributed by atoms with van der Waals surface area (Å²) in [6, 6.07) is 6.55. The minimum atomic E-state index is -1.52. The third kappa shape index (κ3) is 4.64. The second kappa shape index (κ2) is 8.21. The molecule has 9 heteroatoms. The van der Waals surface area contributed by atoms with Crippen molar-refractivity contribution in [3.8, 4) is 0 Å². The molecule has 1 aliphatic rings. The molecule has 0 radical (unpaired) electrons. The molecule has 1 aliphatic carbocycles. The van der Waals surface area contributed by atoms with Crippen molar-refractivity contribution in [2.75, 3.05) is 5.32 Å². The number of aliphatic hydroxyl groups is 1. The minimum absolute atomic E-state index is 0.0727. The van der Waals surface area contributed by atoms with Crippen molar-refractivity contribution >= 4 is 55.8 Å². The van der Waals surface area contributed by atoms with E-state index in [-0.39, 0.29) is 21.6 Å². The third-order valence-corrected chi connectivity index (χ3v) is 5.79. The van der Waals surface area contributed by atoms with Crippen LogP contribution < -0.4 is 10.8 Å². The van der Waals surface area contributed by atoms with E-state index in [1.54, 1.807) is 12.1 Å². The Bertz CT molecular complexity index is 936. The summed E-state index contributed by atoms with van der Waals surface area (Å²) in [5.74, 6) is -4.73. The Kier molecular flexibility index (Phi) is 6.28. The predicted molar refractivity (Wildman–Crippen MR) is 113 cm³/mol. The fraction of sp³-hybridized carbons (Fsp3) is 0.316. The van der Waals surface area contributed by atoms with E-state index < -0.39 is 23.3 Å². The van der Waals surface area contributed by atoms with Gasteiger partial charge in [-0.2, -0.15) is 0 Å². The molecule has 1 saturated carbocycles. The number of halogens is 4. The number of hydroxylamine groups is 1. The molecule has 3 rings (SSSR count). The van der Waals surface area contributed by atoms with Crippen LogP contribution in [0.2, 0.25) is 0 Å². The zero-order valence-corrected chi connectivity index (χ0v) is 18.8. The van der Waals surface area contributed by atoms with Crippen molar-refractivity contribution in [1.82, 2.24) is 5.48 Å². The highest BCUT2D eigenvalue weighted by Crippen LogP contribution is 2.39. The zero-order chi connectivity index (χ0) is 20.6. The molecule has 150 valence electrons. The smallest absolute Gasteiger partial charge is 0.277 e. The number of hydrogen-bond donors (Lipinski definition) is 3. The van der Waals surface area contributed by atoms with Gasteiger partial charge >= 0.3 is 0 Å². The van der Waals surface area contributed by atoms with Gasteiger partial charge in [-0.05, 0) is 95.0 Å².